The summed E-state index contributed by atoms with van der Waals surface area (Å²) in [5, 5.41) is 0. The molecule has 2 fully saturated rings. The minimum Gasteiger partial charge on any atom is -0.486 e. The molecule has 4 rings (SSSR count). The van der Waals surface area contributed by atoms with Gasteiger partial charge in [-0.05, 0) is 44.0 Å². The zero-order valence-corrected chi connectivity index (χ0v) is 16.8. The molecule has 7 nitrogen and oxygen atoms in total. The first-order chi connectivity index (χ1) is 13.8. The number of carbonyl (C=O) groups is 2. The maximum absolute atomic E-state index is 12.8. The molecular formula is C22H24N2O5. The van der Waals surface area contributed by atoms with Crippen molar-refractivity contribution >= 4 is 17.5 Å². The maximum atomic E-state index is 12.8. The number of ether oxygens (including phenoxy) is 1. The Morgan fingerprint density at radius 3 is 2.48 bits per heavy atom. The molecule has 0 aliphatic carbocycles. The molecule has 0 unspecified atom stereocenters. The largest absolute Gasteiger partial charge is 0.486 e. The molecular weight excluding hydrogens is 372 g/mol. The van der Waals surface area contributed by atoms with Crippen LogP contribution in [0.1, 0.15) is 23.3 Å². The van der Waals surface area contributed by atoms with Crippen LogP contribution in [0.2, 0.25) is 0 Å². The number of nitrogens with zero attached hydrogens (tertiary/aromatic N) is 2. The number of benzene rings is 1. The van der Waals surface area contributed by atoms with Gasteiger partial charge in [0.15, 0.2) is 0 Å². The van der Waals surface area contributed by atoms with E-state index in [2.05, 4.69) is 0 Å². The minimum absolute atomic E-state index is 0.0201. The maximum Gasteiger partial charge on any atom is 0.339 e. The van der Waals surface area contributed by atoms with Crippen molar-refractivity contribution < 1.29 is 18.7 Å². The summed E-state index contributed by atoms with van der Waals surface area (Å²) in [6.07, 6.45) is 0.0697. The lowest BCUT2D eigenvalue weighted by atomic mass is 10.0. The summed E-state index contributed by atoms with van der Waals surface area (Å²) in [5.41, 5.74) is 2.68. The first-order valence-electron chi connectivity index (χ1n) is 9.75. The van der Waals surface area contributed by atoms with Crippen LogP contribution in [0.25, 0.3) is 0 Å². The number of rotatable bonds is 4. The summed E-state index contributed by atoms with van der Waals surface area (Å²) in [6, 6.07) is 8.87. The number of anilines is 1. The molecule has 2 saturated heterocycles. The fourth-order valence-corrected chi connectivity index (χ4v) is 3.80. The zero-order chi connectivity index (χ0) is 20.7. The predicted molar refractivity (Wildman–Crippen MR) is 107 cm³/mol. The van der Waals surface area contributed by atoms with E-state index in [0.717, 1.165) is 11.3 Å². The second kappa shape index (κ2) is 7.39. The van der Waals surface area contributed by atoms with Gasteiger partial charge in [0.2, 0.25) is 11.8 Å². The average molecular weight is 396 g/mol. The number of aryl methyl sites for hydroxylation is 3. The molecule has 0 spiro atoms. The molecule has 0 bridgehead atoms. The highest BCUT2D eigenvalue weighted by Crippen LogP contribution is 2.29. The summed E-state index contributed by atoms with van der Waals surface area (Å²) in [6.45, 7) is 7.03. The van der Waals surface area contributed by atoms with Gasteiger partial charge in [-0.25, -0.2) is 4.79 Å². The molecule has 2 aliphatic heterocycles. The second-order valence-electron chi connectivity index (χ2n) is 7.88. The summed E-state index contributed by atoms with van der Waals surface area (Å²) < 4.78 is 10.7. The third kappa shape index (κ3) is 3.90. The Labute approximate surface area is 168 Å². The highest BCUT2D eigenvalue weighted by molar-refractivity contribution is 6.00. The van der Waals surface area contributed by atoms with Gasteiger partial charge >= 0.3 is 5.63 Å². The first kappa shape index (κ1) is 19.2. The highest BCUT2D eigenvalue weighted by Gasteiger charge is 2.41. The van der Waals surface area contributed by atoms with Gasteiger partial charge in [0.25, 0.3) is 0 Å². The molecule has 152 valence electrons. The third-order valence-electron chi connectivity index (χ3n) is 5.61. The molecule has 0 saturated carbocycles. The molecule has 2 aliphatic rings. The van der Waals surface area contributed by atoms with Crippen LogP contribution in [0.15, 0.2) is 39.5 Å². The Balaban J connectivity index is 1.34. The van der Waals surface area contributed by atoms with Crippen LogP contribution in [-0.2, 0) is 9.59 Å². The van der Waals surface area contributed by atoms with Crippen LogP contribution >= 0.6 is 0 Å². The van der Waals surface area contributed by atoms with E-state index in [1.54, 1.807) is 22.8 Å². The van der Waals surface area contributed by atoms with Gasteiger partial charge in [0.05, 0.1) is 25.1 Å². The van der Waals surface area contributed by atoms with Crippen molar-refractivity contribution in [1.82, 2.24) is 4.90 Å². The number of amides is 2. The van der Waals surface area contributed by atoms with E-state index in [-0.39, 0.29) is 30.3 Å². The van der Waals surface area contributed by atoms with Gasteiger partial charge in [-0.15, -0.1) is 0 Å². The van der Waals surface area contributed by atoms with Crippen LogP contribution in [0, 0.1) is 26.7 Å². The van der Waals surface area contributed by atoms with E-state index < -0.39 is 5.63 Å². The van der Waals surface area contributed by atoms with Crippen molar-refractivity contribution in [3.63, 3.8) is 0 Å². The van der Waals surface area contributed by atoms with Crippen molar-refractivity contribution in [3.8, 4) is 5.75 Å². The third-order valence-corrected chi connectivity index (χ3v) is 5.61. The molecule has 3 heterocycles. The predicted octanol–water partition coefficient (Wildman–Crippen LogP) is 2.21. The lowest BCUT2D eigenvalue weighted by Crippen LogP contribution is -2.57. The van der Waals surface area contributed by atoms with Crippen LogP contribution < -0.4 is 15.3 Å². The lowest BCUT2D eigenvalue weighted by Gasteiger charge is -2.40. The Morgan fingerprint density at radius 2 is 1.79 bits per heavy atom. The Bertz CT molecular complexity index is 1020. The van der Waals surface area contributed by atoms with Crippen LogP contribution in [-0.4, -0.2) is 42.5 Å². The Morgan fingerprint density at radius 1 is 1.03 bits per heavy atom. The standard InChI is InChI=1S/C22H24N2O5/c1-13-4-5-17(6-14(13)2)24-10-16(8-20(24)25)22(27)23-11-19(12-23)29-18-7-15(3)28-21(26)9-18/h4-7,9,16,19H,8,10-12H2,1-3H3/t16-/m1/s1. The molecule has 0 radical (unpaired) electrons. The highest BCUT2D eigenvalue weighted by atomic mass is 16.5. The molecule has 7 heteroatoms. The summed E-state index contributed by atoms with van der Waals surface area (Å²) in [4.78, 5) is 40.1. The minimum atomic E-state index is -0.455. The van der Waals surface area contributed by atoms with Gasteiger partial charge in [0, 0.05) is 24.7 Å². The fourth-order valence-electron chi connectivity index (χ4n) is 3.80. The van der Waals surface area contributed by atoms with Crippen LogP contribution in [0.5, 0.6) is 5.75 Å². The van der Waals surface area contributed by atoms with Gasteiger partial charge in [-0.1, -0.05) is 6.07 Å². The average Bonchev–Trinajstić information content (AvgIpc) is 3.00. The van der Waals surface area contributed by atoms with Crippen molar-refractivity contribution in [1.29, 1.82) is 0 Å². The van der Waals surface area contributed by atoms with E-state index in [4.69, 9.17) is 9.15 Å². The van der Waals surface area contributed by atoms with Gasteiger partial charge in [-0.2, -0.15) is 0 Å². The van der Waals surface area contributed by atoms with E-state index in [0.29, 0.717) is 31.1 Å². The van der Waals surface area contributed by atoms with Gasteiger partial charge in [0.1, 0.15) is 17.6 Å². The van der Waals surface area contributed by atoms with Crippen molar-refractivity contribution in [2.24, 2.45) is 5.92 Å². The van der Waals surface area contributed by atoms with Gasteiger partial charge < -0.3 is 19.0 Å². The van der Waals surface area contributed by atoms with Crippen LogP contribution in [0.3, 0.4) is 0 Å². The van der Waals surface area contributed by atoms with Crippen molar-refractivity contribution in [2.75, 3.05) is 24.5 Å². The Hall–Kier alpha value is -3.09. The normalized spacial score (nSPS) is 19.4. The molecule has 1 aromatic heterocycles. The Kier molecular flexibility index (Phi) is 4.90. The topological polar surface area (TPSA) is 80.1 Å². The fraction of sp³-hybridized carbons (Fsp3) is 0.409. The number of carbonyl (C=O) groups excluding carboxylic acids is 2. The first-order valence-corrected chi connectivity index (χ1v) is 9.75. The lowest BCUT2D eigenvalue weighted by molar-refractivity contribution is -0.144. The summed E-state index contributed by atoms with van der Waals surface area (Å²) in [7, 11) is 0. The molecule has 2 amide bonds. The smallest absolute Gasteiger partial charge is 0.339 e. The molecule has 1 atom stereocenters. The zero-order valence-electron chi connectivity index (χ0n) is 16.8. The number of likely N-dealkylation sites (tertiary alicyclic amines) is 1. The van der Waals surface area contributed by atoms with E-state index in [9.17, 15) is 14.4 Å². The molecule has 0 N–H and O–H groups in total. The van der Waals surface area contributed by atoms with E-state index in [1.807, 2.05) is 32.0 Å². The molecule has 29 heavy (non-hydrogen) atoms. The molecule has 2 aromatic rings. The van der Waals surface area contributed by atoms with Crippen molar-refractivity contribution in [3.05, 3.63) is 57.6 Å². The quantitative estimate of drug-likeness (QED) is 0.792. The monoisotopic (exact) mass is 396 g/mol. The molecule has 1 aromatic carbocycles. The van der Waals surface area contributed by atoms with E-state index >= 15 is 0 Å². The second-order valence-corrected chi connectivity index (χ2v) is 7.88. The van der Waals surface area contributed by atoms with Crippen LogP contribution in [0.4, 0.5) is 5.69 Å². The SMILES string of the molecule is Cc1cc(OC2CN(C(=O)[C@@H]3CC(=O)N(c4ccc(C)c(C)c4)C3)C2)cc(=O)o1. The van der Waals surface area contributed by atoms with Crippen molar-refractivity contribution in [2.45, 2.75) is 33.3 Å². The van der Waals surface area contributed by atoms with Gasteiger partial charge in [-0.3, -0.25) is 9.59 Å². The summed E-state index contributed by atoms with van der Waals surface area (Å²) >= 11 is 0. The number of hydrogen-bond donors (Lipinski definition) is 0. The summed E-state index contributed by atoms with van der Waals surface area (Å²) in [5.74, 6) is 0.555. The van der Waals surface area contributed by atoms with E-state index in [1.165, 1.54) is 11.6 Å². The number of hydrogen-bond acceptors (Lipinski definition) is 5.